The molecule has 1 heterocycles. The molecule has 3 aromatic rings. The summed E-state index contributed by atoms with van der Waals surface area (Å²) in [5.41, 5.74) is 2.13. The zero-order valence-electron chi connectivity index (χ0n) is 20.6. The normalized spacial score (nSPS) is 13.9. The van der Waals surface area contributed by atoms with Gasteiger partial charge in [-0.25, -0.2) is 0 Å². The van der Waals surface area contributed by atoms with E-state index in [-0.39, 0.29) is 30.9 Å². The summed E-state index contributed by atoms with van der Waals surface area (Å²) in [6.07, 6.45) is 1.64. The number of halogens is 1. The molecule has 10 heteroatoms. The number of imide groups is 1. The first-order valence-corrected chi connectivity index (χ1v) is 13.0. The van der Waals surface area contributed by atoms with Crippen LogP contribution in [0.15, 0.2) is 70.0 Å². The highest BCUT2D eigenvalue weighted by atomic mass is 79.9. The van der Waals surface area contributed by atoms with E-state index in [0.717, 1.165) is 22.2 Å². The van der Waals surface area contributed by atoms with Crippen molar-refractivity contribution < 1.29 is 28.5 Å². The lowest BCUT2D eigenvalue weighted by molar-refractivity contribution is -0.123. The van der Waals surface area contributed by atoms with Crippen LogP contribution in [0.4, 0.5) is 4.79 Å². The number of hydrogen-bond acceptors (Lipinski definition) is 8. The number of carbonyl (C=O) groups excluding carboxylic acids is 2. The van der Waals surface area contributed by atoms with Crippen molar-refractivity contribution in [1.29, 1.82) is 5.26 Å². The van der Waals surface area contributed by atoms with Gasteiger partial charge in [-0.2, -0.15) is 5.26 Å². The molecule has 0 spiro atoms. The lowest BCUT2D eigenvalue weighted by Gasteiger charge is -2.15. The number of methoxy groups -OCH3 is 2. The number of nitrogens with zero attached hydrogens (tertiary/aromatic N) is 2. The quantitative estimate of drug-likeness (QED) is 0.262. The van der Waals surface area contributed by atoms with E-state index < -0.39 is 0 Å². The molecule has 3 aromatic carbocycles. The van der Waals surface area contributed by atoms with Crippen LogP contribution in [0.25, 0.3) is 6.08 Å². The minimum atomic E-state index is -0.389. The first kappa shape index (κ1) is 27.1. The minimum Gasteiger partial charge on any atom is -0.493 e. The van der Waals surface area contributed by atoms with Crippen molar-refractivity contribution >= 4 is 44.9 Å². The summed E-state index contributed by atoms with van der Waals surface area (Å²) in [7, 11) is 3.07. The zero-order chi connectivity index (χ0) is 27.1. The van der Waals surface area contributed by atoms with Gasteiger partial charge in [-0.1, -0.05) is 24.3 Å². The number of amides is 2. The van der Waals surface area contributed by atoms with Crippen LogP contribution in [0.5, 0.6) is 23.0 Å². The second-order valence-electron chi connectivity index (χ2n) is 7.96. The van der Waals surface area contributed by atoms with Gasteiger partial charge < -0.3 is 18.9 Å². The summed E-state index contributed by atoms with van der Waals surface area (Å²) in [5, 5.41) is 8.59. The molecule has 1 aliphatic rings. The fourth-order valence-corrected chi connectivity index (χ4v) is 5.06. The Bertz CT molecular complexity index is 1420. The van der Waals surface area contributed by atoms with Crippen molar-refractivity contribution in [2.45, 2.75) is 6.61 Å². The summed E-state index contributed by atoms with van der Waals surface area (Å²) in [5.74, 6) is 1.68. The second kappa shape index (κ2) is 12.5. The number of hydrogen-bond donors (Lipinski definition) is 0. The SMILES string of the molecule is COc1ccccc1OCCN1C(=O)S/C(=C\c2cc(Br)c(OCc3ccc(C#N)cc3)c(OC)c2)C1=O. The molecule has 194 valence electrons. The van der Waals surface area contributed by atoms with E-state index in [1.165, 1.54) is 7.11 Å². The van der Waals surface area contributed by atoms with Gasteiger partial charge in [0.1, 0.15) is 13.2 Å². The molecule has 0 saturated carbocycles. The van der Waals surface area contributed by atoms with Gasteiger partial charge in [-0.05, 0) is 81.3 Å². The third-order valence-electron chi connectivity index (χ3n) is 5.53. The highest BCUT2D eigenvalue weighted by Crippen LogP contribution is 2.39. The Hall–Kier alpha value is -3.94. The van der Waals surface area contributed by atoms with Crippen LogP contribution < -0.4 is 18.9 Å². The van der Waals surface area contributed by atoms with Crippen molar-refractivity contribution in [1.82, 2.24) is 4.90 Å². The molecule has 38 heavy (non-hydrogen) atoms. The second-order valence-corrected chi connectivity index (χ2v) is 9.81. The van der Waals surface area contributed by atoms with Crippen molar-refractivity contribution in [3.8, 4) is 29.1 Å². The van der Waals surface area contributed by atoms with Crippen LogP contribution in [0, 0.1) is 11.3 Å². The van der Waals surface area contributed by atoms with Crippen LogP contribution in [0.1, 0.15) is 16.7 Å². The van der Waals surface area contributed by atoms with Crippen LogP contribution in [0.2, 0.25) is 0 Å². The van der Waals surface area contributed by atoms with Crippen LogP contribution in [0.3, 0.4) is 0 Å². The van der Waals surface area contributed by atoms with E-state index in [2.05, 4.69) is 22.0 Å². The summed E-state index contributed by atoms with van der Waals surface area (Å²) in [6, 6.07) is 19.9. The number of thioether (sulfide) groups is 1. The number of para-hydroxylation sites is 2. The van der Waals surface area contributed by atoms with Gasteiger partial charge in [-0.15, -0.1) is 0 Å². The topological polar surface area (TPSA) is 98.1 Å². The van der Waals surface area contributed by atoms with E-state index in [9.17, 15) is 9.59 Å². The van der Waals surface area contributed by atoms with Crippen molar-refractivity contribution in [2.24, 2.45) is 0 Å². The van der Waals surface area contributed by atoms with Crippen LogP contribution in [-0.4, -0.2) is 43.4 Å². The van der Waals surface area contributed by atoms with E-state index in [0.29, 0.717) is 43.5 Å². The maximum absolute atomic E-state index is 12.9. The smallest absolute Gasteiger partial charge is 0.293 e. The number of nitriles is 1. The van der Waals surface area contributed by atoms with Gasteiger partial charge in [0.15, 0.2) is 23.0 Å². The highest BCUT2D eigenvalue weighted by molar-refractivity contribution is 9.10. The Morgan fingerprint density at radius 2 is 1.68 bits per heavy atom. The number of carbonyl (C=O) groups is 2. The maximum atomic E-state index is 12.9. The summed E-state index contributed by atoms with van der Waals surface area (Å²) in [4.78, 5) is 26.9. The summed E-state index contributed by atoms with van der Waals surface area (Å²) >= 11 is 4.39. The first-order valence-electron chi connectivity index (χ1n) is 11.4. The van der Waals surface area contributed by atoms with Crippen molar-refractivity contribution in [3.05, 3.63) is 86.7 Å². The molecule has 1 fully saturated rings. The third-order valence-corrected chi connectivity index (χ3v) is 7.03. The monoisotopic (exact) mass is 594 g/mol. The van der Waals surface area contributed by atoms with E-state index >= 15 is 0 Å². The molecule has 1 saturated heterocycles. The van der Waals surface area contributed by atoms with Gasteiger partial charge in [-0.3, -0.25) is 14.5 Å². The molecular formula is C28H23BrN2O6S. The van der Waals surface area contributed by atoms with Gasteiger partial charge >= 0.3 is 0 Å². The lowest BCUT2D eigenvalue weighted by atomic mass is 10.1. The summed E-state index contributed by atoms with van der Waals surface area (Å²) < 4.78 is 23.1. The van der Waals surface area contributed by atoms with Gasteiger partial charge in [0.2, 0.25) is 0 Å². The van der Waals surface area contributed by atoms with Crippen LogP contribution in [-0.2, 0) is 11.4 Å². The molecule has 0 aliphatic carbocycles. The maximum Gasteiger partial charge on any atom is 0.293 e. The predicted molar refractivity (Wildman–Crippen MR) is 147 cm³/mol. The molecule has 4 rings (SSSR count). The minimum absolute atomic E-state index is 0.106. The molecule has 0 N–H and O–H groups in total. The summed E-state index contributed by atoms with van der Waals surface area (Å²) in [6.45, 7) is 0.515. The fourth-order valence-electron chi connectivity index (χ4n) is 3.62. The molecule has 1 aliphatic heterocycles. The molecule has 0 atom stereocenters. The molecule has 0 aromatic heterocycles. The number of rotatable bonds is 10. The Kier molecular flexibility index (Phi) is 8.94. The number of benzene rings is 3. The van der Waals surface area contributed by atoms with E-state index in [4.69, 9.17) is 24.2 Å². The highest BCUT2D eigenvalue weighted by Gasteiger charge is 2.35. The largest absolute Gasteiger partial charge is 0.493 e. The third kappa shape index (κ3) is 6.30. The molecule has 0 unspecified atom stereocenters. The molecule has 0 radical (unpaired) electrons. The van der Waals surface area contributed by atoms with Gasteiger partial charge in [0.25, 0.3) is 11.1 Å². The first-order chi connectivity index (χ1) is 18.4. The zero-order valence-corrected chi connectivity index (χ0v) is 23.0. The van der Waals surface area contributed by atoms with Gasteiger partial charge in [0, 0.05) is 0 Å². The van der Waals surface area contributed by atoms with Crippen LogP contribution >= 0.6 is 27.7 Å². The average molecular weight is 595 g/mol. The lowest BCUT2D eigenvalue weighted by Crippen LogP contribution is -2.32. The van der Waals surface area contributed by atoms with Crippen molar-refractivity contribution in [2.75, 3.05) is 27.4 Å². The average Bonchev–Trinajstić information content (AvgIpc) is 3.19. The van der Waals surface area contributed by atoms with Crippen molar-refractivity contribution in [3.63, 3.8) is 0 Å². The predicted octanol–water partition coefficient (Wildman–Crippen LogP) is 6.03. The Balaban J connectivity index is 1.43. The van der Waals surface area contributed by atoms with Gasteiger partial charge in [0.05, 0.1) is 41.8 Å². The van der Waals surface area contributed by atoms with E-state index in [1.807, 2.05) is 24.3 Å². The molecule has 2 amide bonds. The number of ether oxygens (including phenoxy) is 4. The van der Waals surface area contributed by atoms with E-state index in [1.54, 1.807) is 49.6 Å². The molecular weight excluding hydrogens is 572 g/mol. The Labute approximate surface area is 232 Å². The molecule has 8 nitrogen and oxygen atoms in total. The Morgan fingerprint density at radius 1 is 0.974 bits per heavy atom. The molecule has 0 bridgehead atoms. The standard InChI is InChI=1S/C28H23BrN2O6S/c1-34-22-5-3-4-6-23(22)36-12-11-31-27(32)25(38-28(31)33)15-20-13-21(29)26(24(14-20)35-2)37-17-19-9-7-18(16-30)8-10-19/h3-10,13-15H,11-12,17H2,1-2H3/b25-15-. The fraction of sp³-hybridized carbons (Fsp3) is 0.179. The Morgan fingerprint density at radius 3 is 2.37 bits per heavy atom.